The van der Waals surface area contributed by atoms with Gasteiger partial charge in [0, 0.05) is 0 Å². The lowest BCUT2D eigenvalue weighted by molar-refractivity contribution is -0.122. The lowest BCUT2D eigenvalue weighted by Gasteiger charge is -2.26. The maximum Gasteiger partial charge on any atom is 0.335 e. The van der Waals surface area contributed by atoms with Gasteiger partial charge in [0.05, 0.1) is 17.8 Å². The molecule has 172 valence electrons. The van der Waals surface area contributed by atoms with Gasteiger partial charge in [-0.25, -0.2) is 9.69 Å². The van der Waals surface area contributed by atoms with E-state index in [2.05, 4.69) is 5.32 Å². The number of carbonyl (C=O) groups is 3. The van der Waals surface area contributed by atoms with Gasteiger partial charge in [-0.2, -0.15) is 0 Å². The molecule has 1 heterocycles. The molecule has 0 bridgehead atoms. The van der Waals surface area contributed by atoms with Gasteiger partial charge in [-0.15, -0.1) is 0 Å². The van der Waals surface area contributed by atoms with Gasteiger partial charge in [0.15, 0.2) is 0 Å². The second-order valence-corrected chi connectivity index (χ2v) is 8.03. The molecule has 0 unspecified atom stereocenters. The van der Waals surface area contributed by atoms with Crippen LogP contribution in [-0.4, -0.2) is 25.0 Å². The molecule has 0 aliphatic carbocycles. The standard InChI is InChI=1S/C26H21ClN2O5/c1-16-3-5-17(6-4-16)15-34-20-10-8-19(9-11-20)29-25(31)21(24(30)28-26(29)32)13-18-7-12-23(33-2)22(27)14-18/h3-14H,15H2,1-2H3,(H,28,30,32)/b21-13+. The highest BCUT2D eigenvalue weighted by molar-refractivity contribution is 6.39. The van der Waals surface area contributed by atoms with Crippen LogP contribution < -0.4 is 19.7 Å². The summed E-state index contributed by atoms with van der Waals surface area (Å²) < 4.78 is 10.9. The number of halogens is 1. The summed E-state index contributed by atoms with van der Waals surface area (Å²) >= 11 is 6.14. The fourth-order valence-corrected chi connectivity index (χ4v) is 3.64. The SMILES string of the molecule is COc1ccc(/C=C2\C(=O)NC(=O)N(c3ccc(OCc4ccc(C)cc4)cc3)C2=O)cc1Cl. The molecule has 4 amide bonds. The summed E-state index contributed by atoms with van der Waals surface area (Å²) in [4.78, 5) is 38.8. The van der Waals surface area contributed by atoms with Gasteiger partial charge >= 0.3 is 6.03 Å². The third kappa shape index (κ3) is 4.94. The van der Waals surface area contributed by atoms with Gasteiger partial charge in [-0.3, -0.25) is 14.9 Å². The fraction of sp³-hybridized carbons (Fsp3) is 0.115. The summed E-state index contributed by atoms with van der Waals surface area (Å²) in [6.07, 6.45) is 1.38. The van der Waals surface area contributed by atoms with Gasteiger partial charge in [0.2, 0.25) is 0 Å². The third-order valence-electron chi connectivity index (χ3n) is 5.21. The van der Waals surface area contributed by atoms with Crippen LogP contribution in [0.4, 0.5) is 10.5 Å². The Kier molecular flexibility index (Phi) is 6.65. The van der Waals surface area contributed by atoms with E-state index in [-0.39, 0.29) is 5.57 Å². The predicted octanol–water partition coefficient (Wildman–Crippen LogP) is 4.90. The Bertz CT molecular complexity index is 1280. The summed E-state index contributed by atoms with van der Waals surface area (Å²) in [6, 6.07) is 18.5. The first kappa shape index (κ1) is 23.1. The van der Waals surface area contributed by atoms with E-state index in [1.165, 1.54) is 18.7 Å². The minimum absolute atomic E-state index is 0.194. The van der Waals surface area contributed by atoms with Crippen molar-refractivity contribution in [2.45, 2.75) is 13.5 Å². The van der Waals surface area contributed by atoms with Crippen molar-refractivity contribution in [3.8, 4) is 11.5 Å². The minimum Gasteiger partial charge on any atom is -0.495 e. The fourth-order valence-electron chi connectivity index (χ4n) is 3.37. The van der Waals surface area contributed by atoms with Crippen LogP contribution in [0.1, 0.15) is 16.7 Å². The number of benzene rings is 3. The Hall–Kier alpha value is -4.10. The molecule has 34 heavy (non-hydrogen) atoms. The van der Waals surface area contributed by atoms with Crippen LogP contribution in [-0.2, 0) is 16.2 Å². The molecule has 0 radical (unpaired) electrons. The van der Waals surface area contributed by atoms with Crippen LogP contribution in [0.15, 0.2) is 72.3 Å². The average Bonchev–Trinajstić information content (AvgIpc) is 2.82. The van der Waals surface area contributed by atoms with Crippen molar-refractivity contribution in [2.24, 2.45) is 0 Å². The number of carbonyl (C=O) groups excluding carboxylic acids is 3. The molecule has 8 heteroatoms. The largest absolute Gasteiger partial charge is 0.495 e. The molecule has 3 aromatic carbocycles. The Labute approximate surface area is 201 Å². The Balaban J connectivity index is 1.53. The average molecular weight is 477 g/mol. The summed E-state index contributed by atoms with van der Waals surface area (Å²) in [5, 5.41) is 2.53. The summed E-state index contributed by atoms with van der Waals surface area (Å²) in [5.74, 6) is -0.483. The van der Waals surface area contributed by atoms with Crippen LogP contribution >= 0.6 is 11.6 Å². The molecule has 1 fully saturated rings. The van der Waals surface area contributed by atoms with Crippen molar-refractivity contribution < 1.29 is 23.9 Å². The molecule has 4 rings (SSSR count). The lowest BCUT2D eigenvalue weighted by atomic mass is 10.1. The summed E-state index contributed by atoms with van der Waals surface area (Å²) in [6.45, 7) is 2.40. The number of amides is 4. The van der Waals surface area contributed by atoms with E-state index < -0.39 is 17.8 Å². The first-order valence-corrected chi connectivity index (χ1v) is 10.8. The van der Waals surface area contributed by atoms with Gasteiger partial charge in [-0.1, -0.05) is 47.5 Å². The van der Waals surface area contributed by atoms with E-state index in [0.29, 0.717) is 34.4 Å². The number of rotatable bonds is 6. The first-order chi connectivity index (χ1) is 16.4. The second kappa shape index (κ2) is 9.80. The zero-order valence-corrected chi connectivity index (χ0v) is 19.3. The predicted molar refractivity (Wildman–Crippen MR) is 129 cm³/mol. The van der Waals surface area contributed by atoms with Gasteiger partial charge < -0.3 is 9.47 Å². The highest BCUT2D eigenvalue weighted by Crippen LogP contribution is 2.28. The maximum absolute atomic E-state index is 13.1. The molecular weight excluding hydrogens is 456 g/mol. The van der Waals surface area contributed by atoms with Gasteiger partial charge in [-0.05, 0) is 60.5 Å². The number of urea groups is 1. The van der Waals surface area contributed by atoms with Crippen LogP contribution in [0, 0.1) is 6.92 Å². The highest BCUT2D eigenvalue weighted by atomic mass is 35.5. The number of nitrogens with zero attached hydrogens (tertiary/aromatic N) is 1. The molecule has 1 saturated heterocycles. The highest BCUT2D eigenvalue weighted by Gasteiger charge is 2.36. The maximum atomic E-state index is 13.1. The van der Waals surface area contributed by atoms with Crippen LogP contribution in [0.25, 0.3) is 6.08 Å². The van der Waals surface area contributed by atoms with Crippen molar-refractivity contribution in [2.75, 3.05) is 12.0 Å². The quantitative estimate of drug-likeness (QED) is 0.404. The molecule has 0 spiro atoms. The molecule has 7 nitrogen and oxygen atoms in total. The van der Waals surface area contributed by atoms with Crippen LogP contribution in [0.2, 0.25) is 5.02 Å². The molecule has 1 aliphatic heterocycles. The topological polar surface area (TPSA) is 84.9 Å². The number of hydrogen-bond donors (Lipinski definition) is 1. The van der Waals surface area contributed by atoms with Crippen molar-refractivity contribution in [3.63, 3.8) is 0 Å². The van der Waals surface area contributed by atoms with Gasteiger partial charge in [0.1, 0.15) is 23.7 Å². The zero-order valence-electron chi connectivity index (χ0n) is 18.5. The summed E-state index contributed by atoms with van der Waals surface area (Å²) in [5.41, 5.74) is 2.81. The zero-order chi connectivity index (χ0) is 24.2. The first-order valence-electron chi connectivity index (χ1n) is 10.4. The third-order valence-corrected chi connectivity index (χ3v) is 5.50. The summed E-state index contributed by atoms with van der Waals surface area (Å²) in [7, 11) is 1.49. The van der Waals surface area contributed by atoms with E-state index in [1.54, 1.807) is 42.5 Å². The smallest absolute Gasteiger partial charge is 0.335 e. The molecule has 3 aromatic rings. The number of nitrogens with one attached hydrogen (secondary N) is 1. The number of hydrogen-bond acceptors (Lipinski definition) is 5. The molecule has 1 N–H and O–H groups in total. The van der Waals surface area contributed by atoms with E-state index >= 15 is 0 Å². The molecule has 0 saturated carbocycles. The normalized spacial score (nSPS) is 14.9. The number of imide groups is 2. The van der Waals surface area contributed by atoms with E-state index in [9.17, 15) is 14.4 Å². The number of anilines is 1. The monoisotopic (exact) mass is 476 g/mol. The van der Waals surface area contributed by atoms with E-state index in [0.717, 1.165) is 10.5 Å². The van der Waals surface area contributed by atoms with Crippen LogP contribution in [0.3, 0.4) is 0 Å². The Morgan fingerprint density at radius 3 is 2.32 bits per heavy atom. The van der Waals surface area contributed by atoms with Crippen molar-refractivity contribution in [1.29, 1.82) is 0 Å². The Morgan fingerprint density at radius 1 is 0.971 bits per heavy atom. The molecule has 0 atom stereocenters. The van der Waals surface area contributed by atoms with E-state index in [4.69, 9.17) is 21.1 Å². The molecule has 1 aliphatic rings. The minimum atomic E-state index is -0.826. The lowest BCUT2D eigenvalue weighted by Crippen LogP contribution is -2.54. The second-order valence-electron chi connectivity index (χ2n) is 7.62. The molecular formula is C26H21ClN2O5. The van der Waals surface area contributed by atoms with Crippen molar-refractivity contribution in [3.05, 3.63) is 94.0 Å². The van der Waals surface area contributed by atoms with Crippen LogP contribution in [0.5, 0.6) is 11.5 Å². The number of aryl methyl sites for hydroxylation is 1. The number of ether oxygens (including phenoxy) is 2. The van der Waals surface area contributed by atoms with Crippen molar-refractivity contribution in [1.82, 2.24) is 5.32 Å². The number of barbiturate groups is 1. The number of methoxy groups -OCH3 is 1. The van der Waals surface area contributed by atoms with E-state index in [1.807, 2.05) is 31.2 Å². The van der Waals surface area contributed by atoms with Gasteiger partial charge in [0.25, 0.3) is 11.8 Å². The van der Waals surface area contributed by atoms with Crippen molar-refractivity contribution >= 4 is 41.2 Å². The Morgan fingerprint density at radius 2 is 1.68 bits per heavy atom. The molecule has 0 aromatic heterocycles.